The fraction of sp³-hybridized carbons (Fsp3) is 0.143. The van der Waals surface area contributed by atoms with Gasteiger partial charge in [0.25, 0.3) is 0 Å². The summed E-state index contributed by atoms with van der Waals surface area (Å²) >= 11 is 0. The van der Waals surface area contributed by atoms with Crippen LogP contribution in [-0.2, 0) is 9.53 Å². The van der Waals surface area contributed by atoms with E-state index in [9.17, 15) is 9.59 Å². The van der Waals surface area contributed by atoms with E-state index in [4.69, 9.17) is 14.4 Å². The number of nitrogens with zero attached hydrogens (tertiary/aromatic N) is 4. The summed E-state index contributed by atoms with van der Waals surface area (Å²) in [4.78, 5) is 29.9. The molecule has 0 aliphatic heterocycles. The van der Waals surface area contributed by atoms with E-state index in [2.05, 4.69) is 31.0 Å². The number of H-pyrrole nitrogens is 1. The number of hydrazone groups is 2. The highest BCUT2D eigenvalue weighted by atomic mass is 16.5. The molecular weight excluding hydrogens is 330 g/mol. The van der Waals surface area contributed by atoms with Crippen LogP contribution in [0, 0.1) is 11.3 Å². The molecule has 0 fully saturated rings. The van der Waals surface area contributed by atoms with E-state index in [-0.39, 0.29) is 18.1 Å². The highest BCUT2D eigenvalue weighted by molar-refractivity contribution is 6.45. The molecule has 3 N–H and O–H groups in total. The number of rotatable bonds is 7. The number of aromatic nitrogens is 2. The van der Waals surface area contributed by atoms with Gasteiger partial charge < -0.3 is 14.1 Å². The van der Waals surface area contributed by atoms with Crippen molar-refractivity contribution in [2.45, 2.75) is 6.92 Å². The molecule has 0 spiro atoms. The molecule has 0 aromatic carbocycles. The minimum absolute atomic E-state index is 0.0121. The second-order valence-electron chi connectivity index (χ2n) is 4.25. The number of ether oxygens (including phenoxy) is 1. The average molecular weight is 343 g/mol. The molecule has 1 amide bonds. The summed E-state index contributed by atoms with van der Waals surface area (Å²) in [5, 5.41) is 16.2. The lowest BCUT2D eigenvalue weighted by molar-refractivity contribution is -0.114. The van der Waals surface area contributed by atoms with Crippen molar-refractivity contribution in [2.24, 2.45) is 10.2 Å². The highest BCUT2D eigenvalue weighted by Gasteiger charge is 2.16. The monoisotopic (exact) mass is 343 g/mol. The zero-order chi connectivity index (χ0) is 18.1. The van der Waals surface area contributed by atoms with E-state index in [1.165, 1.54) is 18.8 Å². The van der Waals surface area contributed by atoms with Gasteiger partial charge in [0, 0.05) is 0 Å². The summed E-state index contributed by atoms with van der Waals surface area (Å²) in [6.07, 6.45) is 3.94. The lowest BCUT2D eigenvalue weighted by Crippen LogP contribution is -2.27. The fourth-order valence-corrected chi connectivity index (χ4v) is 1.55. The maximum atomic E-state index is 11.8. The molecule has 2 rings (SSSR count). The minimum Gasteiger partial charge on any atom is -0.463 e. The second kappa shape index (κ2) is 8.63. The molecule has 11 heteroatoms. The number of carbonyl (C=O) groups excluding carboxylic acids is 2. The molecule has 0 radical (unpaired) electrons. The van der Waals surface area contributed by atoms with Crippen LogP contribution in [-0.4, -0.2) is 40.4 Å². The molecule has 2 aromatic rings. The number of imidazole rings is 1. The van der Waals surface area contributed by atoms with Crippen molar-refractivity contribution < 1.29 is 18.7 Å². The van der Waals surface area contributed by atoms with E-state index < -0.39 is 17.6 Å². The number of nitrogens with one attached hydrogen (secondary N) is 3. The molecule has 0 saturated carbocycles. The van der Waals surface area contributed by atoms with Crippen molar-refractivity contribution in [3.05, 3.63) is 36.2 Å². The van der Waals surface area contributed by atoms with E-state index in [0.29, 0.717) is 5.76 Å². The Hall–Kier alpha value is -3.94. The van der Waals surface area contributed by atoms with Gasteiger partial charge in [0.15, 0.2) is 11.5 Å². The van der Waals surface area contributed by atoms with Gasteiger partial charge in [-0.05, 0) is 19.1 Å². The van der Waals surface area contributed by atoms with Crippen LogP contribution in [0.5, 0.6) is 0 Å². The van der Waals surface area contributed by atoms with Crippen LogP contribution in [0.1, 0.15) is 23.2 Å². The largest absolute Gasteiger partial charge is 0.463 e. The van der Waals surface area contributed by atoms with Gasteiger partial charge in [0.05, 0.1) is 25.4 Å². The Morgan fingerprint density at radius 3 is 3.08 bits per heavy atom. The second-order valence-corrected chi connectivity index (χ2v) is 4.25. The van der Waals surface area contributed by atoms with Crippen molar-refractivity contribution in [3.8, 4) is 6.07 Å². The van der Waals surface area contributed by atoms with Crippen molar-refractivity contribution in [1.82, 2.24) is 15.4 Å². The zero-order valence-electron chi connectivity index (χ0n) is 13.0. The average Bonchev–Trinajstić information content (AvgIpc) is 3.27. The third-order valence-corrected chi connectivity index (χ3v) is 2.61. The molecule has 0 saturated heterocycles. The fourth-order valence-electron chi connectivity index (χ4n) is 1.55. The van der Waals surface area contributed by atoms with Crippen molar-refractivity contribution in [3.63, 3.8) is 0 Å². The molecule has 0 bridgehead atoms. The van der Waals surface area contributed by atoms with Crippen molar-refractivity contribution in [2.75, 3.05) is 12.0 Å². The maximum Gasteiger partial charge on any atom is 0.358 e. The predicted molar refractivity (Wildman–Crippen MR) is 85.7 cm³/mol. The number of hydrogen-bond acceptors (Lipinski definition) is 9. The van der Waals surface area contributed by atoms with Crippen LogP contribution in [0.2, 0.25) is 0 Å². The van der Waals surface area contributed by atoms with Gasteiger partial charge in [-0.25, -0.2) is 15.2 Å². The Kier molecular flexibility index (Phi) is 6.01. The number of esters is 1. The van der Waals surface area contributed by atoms with Crippen molar-refractivity contribution in [1.29, 1.82) is 5.26 Å². The Balaban J connectivity index is 2.01. The quantitative estimate of drug-likeness (QED) is 0.377. The van der Waals surface area contributed by atoms with E-state index in [1.807, 2.05) is 0 Å². The van der Waals surface area contributed by atoms with Gasteiger partial charge in [-0.2, -0.15) is 15.5 Å². The van der Waals surface area contributed by atoms with Crippen LogP contribution in [0.3, 0.4) is 0 Å². The molecule has 2 aromatic heterocycles. The molecule has 0 aliphatic rings. The predicted octanol–water partition coefficient (Wildman–Crippen LogP) is 0.621. The minimum atomic E-state index is -0.856. The number of hydrogen-bond donors (Lipinski definition) is 3. The summed E-state index contributed by atoms with van der Waals surface area (Å²) in [6.45, 7) is 1.83. The smallest absolute Gasteiger partial charge is 0.358 e. The summed E-state index contributed by atoms with van der Waals surface area (Å²) in [6, 6.07) is 4.89. The molecule has 2 heterocycles. The van der Waals surface area contributed by atoms with Crippen LogP contribution in [0.25, 0.3) is 0 Å². The molecule has 11 nitrogen and oxygen atoms in total. The number of nitriles is 1. The lowest BCUT2D eigenvalue weighted by atomic mass is 10.4. The topological polar surface area (TPSA) is 158 Å². The van der Waals surface area contributed by atoms with Gasteiger partial charge in [0.2, 0.25) is 5.71 Å². The highest BCUT2D eigenvalue weighted by Crippen LogP contribution is 2.10. The Morgan fingerprint density at radius 2 is 2.40 bits per heavy atom. The lowest BCUT2D eigenvalue weighted by Gasteiger charge is -2.02. The van der Waals surface area contributed by atoms with Crippen LogP contribution < -0.4 is 10.9 Å². The normalized spacial score (nSPS) is 11.1. The molecule has 128 valence electrons. The van der Waals surface area contributed by atoms with E-state index in [1.54, 1.807) is 25.1 Å². The van der Waals surface area contributed by atoms with E-state index in [0.717, 1.165) is 0 Å². The van der Waals surface area contributed by atoms with Gasteiger partial charge in [-0.15, -0.1) is 0 Å². The summed E-state index contributed by atoms with van der Waals surface area (Å²) in [5.41, 5.74) is 3.97. The Morgan fingerprint density at radius 1 is 1.56 bits per heavy atom. The first-order valence-corrected chi connectivity index (χ1v) is 6.97. The number of furan rings is 1. The molecule has 0 atom stereocenters. The first-order valence-electron chi connectivity index (χ1n) is 6.97. The summed E-state index contributed by atoms with van der Waals surface area (Å²) < 4.78 is 9.82. The molecular formula is C14H13N7O4. The number of aromatic amines is 1. The van der Waals surface area contributed by atoms with Gasteiger partial charge in [-0.1, -0.05) is 0 Å². The Bertz CT molecular complexity index is 830. The Labute approximate surface area is 141 Å². The third-order valence-electron chi connectivity index (χ3n) is 2.61. The van der Waals surface area contributed by atoms with Crippen LogP contribution in [0.15, 0.2) is 39.3 Å². The zero-order valence-corrected chi connectivity index (χ0v) is 13.0. The SMILES string of the molecule is CCOC(=O)c1[nH]cnc1NN=C(C#N)C(=O)NN=Cc1ccco1. The van der Waals surface area contributed by atoms with Gasteiger partial charge >= 0.3 is 11.9 Å². The number of carbonyl (C=O) groups is 2. The summed E-state index contributed by atoms with van der Waals surface area (Å²) in [7, 11) is 0. The first-order chi connectivity index (χ1) is 12.2. The van der Waals surface area contributed by atoms with Crippen LogP contribution >= 0.6 is 0 Å². The third kappa shape index (κ3) is 4.76. The number of anilines is 1. The first kappa shape index (κ1) is 17.4. The molecule has 0 aliphatic carbocycles. The number of amides is 1. The standard InChI is InChI=1S/C14H13N7O4/c1-2-24-14(23)11-12(17-8-16-11)20-19-10(6-15)13(22)21-18-7-9-4-3-5-25-9/h3-5,7-8,20H,2H2,1H3,(H,16,17)(H,21,22). The van der Waals surface area contributed by atoms with Gasteiger partial charge in [-0.3, -0.25) is 10.2 Å². The van der Waals surface area contributed by atoms with Gasteiger partial charge in [0.1, 0.15) is 11.8 Å². The molecule has 25 heavy (non-hydrogen) atoms. The molecule has 0 unspecified atom stereocenters. The maximum absolute atomic E-state index is 11.8. The summed E-state index contributed by atoms with van der Waals surface area (Å²) in [5.74, 6) is -1.07. The van der Waals surface area contributed by atoms with Crippen LogP contribution in [0.4, 0.5) is 5.82 Å². The van der Waals surface area contributed by atoms with E-state index >= 15 is 0 Å². The van der Waals surface area contributed by atoms with Crippen molar-refractivity contribution >= 4 is 29.6 Å².